The highest BCUT2D eigenvalue weighted by Gasteiger charge is 2.50. The van der Waals surface area contributed by atoms with Crippen LogP contribution in [0.3, 0.4) is 0 Å². The number of nitrogens with one attached hydrogen (secondary N) is 3. The van der Waals surface area contributed by atoms with Crippen LogP contribution in [-0.2, 0) is 20.1 Å². The van der Waals surface area contributed by atoms with Crippen molar-refractivity contribution >= 4 is 40.5 Å². The van der Waals surface area contributed by atoms with Crippen LogP contribution in [0.25, 0.3) is 10.9 Å². The van der Waals surface area contributed by atoms with Crippen molar-refractivity contribution in [3.8, 4) is 0 Å². The van der Waals surface area contributed by atoms with Crippen LogP contribution in [0, 0.1) is 23.7 Å². The molecule has 2 aromatic rings. The van der Waals surface area contributed by atoms with Gasteiger partial charge in [-0.15, -0.1) is 0 Å². The molecule has 12 heteroatoms. The van der Waals surface area contributed by atoms with Gasteiger partial charge in [0.25, 0.3) is 0 Å². The van der Waals surface area contributed by atoms with E-state index in [1.165, 1.54) is 6.42 Å². The van der Waals surface area contributed by atoms with E-state index in [4.69, 9.17) is 9.84 Å². The number of esters is 1. The number of hydrogen-bond donors (Lipinski definition) is 4. The van der Waals surface area contributed by atoms with E-state index in [0.29, 0.717) is 49.5 Å². The first kappa shape index (κ1) is 31.0. The zero-order valence-electron chi connectivity index (χ0n) is 26.1. The maximum Gasteiger partial charge on any atom is 0.404 e. The number of ether oxygens (including phenoxy) is 1. The van der Waals surface area contributed by atoms with Gasteiger partial charge in [-0.25, -0.2) is 19.0 Å². The number of halogens is 1. The number of benzene rings is 1. The van der Waals surface area contributed by atoms with Crippen LogP contribution in [-0.4, -0.2) is 63.9 Å². The number of carboxylic acid groups (broad SMARTS) is 1. The number of nitrogens with zero attached hydrogens (tertiary/aromatic N) is 2. The first-order valence-electron chi connectivity index (χ1n) is 17.1. The molecule has 7 rings (SSSR count). The first-order valence-corrected chi connectivity index (χ1v) is 17.1. The second-order valence-corrected chi connectivity index (χ2v) is 14.1. The summed E-state index contributed by atoms with van der Waals surface area (Å²) < 4.78 is 21.2. The summed E-state index contributed by atoms with van der Waals surface area (Å²) in [7, 11) is 0. The second-order valence-electron chi connectivity index (χ2n) is 14.1. The second kappa shape index (κ2) is 12.5. The van der Waals surface area contributed by atoms with Gasteiger partial charge in [0.05, 0.1) is 11.6 Å². The normalized spacial score (nSPS) is 28.3. The lowest BCUT2D eigenvalue weighted by atomic mass is 9.76. The van der Waals surface area contributed by atoms with E-state index in [9.17, 15) is 23.6 Å². The quantitative estimate of drug-likeness (QED) is 0.288. The Morgan fingerprint density at radius 3 is 2.41 bits per heavy atom. The Morgan fingerprint density at radius 2 is 1.74 bits per heavy atom. The molecule has 3 atom stereocenters. The van der Waals surface area contributed by atoms with Crippen LogP contribution in [0.2, 0.25) is 0 Å². The number of carbonyl (C=O) groups is 4. The van der Waals surface area contributed by atoms with Crippen molar-refractivity contribution in [3.05, 3.63) is 30.0 Å². The summed E-state index contributed by atoms with van der Waals surface area (Å²) >= 11 is 0. The highest BCUT2D eigenvalue weighted by molar-refractivity contribution is 6.01. The largest absolute Gasteiger partial charge is 0.465 e. The summed E-state index contributed by atoms with van der Waals surface area (Å²) in [6.07, 6.45) is 10.1. The van der Waals surface area contributed by atoms with Gasteiger partial charge in [0.2, 0.25) is 11.8 Å². The van der Waals surface area contributed by atoms with Gasteiger partial charge in [-0.1, -0.05) is 32.1 Å². The summed E-state index contributed by atoms with van der Waals surface area (Å²) in [6.45, 7) is -0.184. The minimum Gasteiger partial charge on any atom is -0.465 e. The van der Waals surface area contributed by atoms with Gasteiger partial charge in [0.1, 0.15) is 18.4 Å². The van der Waals surface area contributed by atoms with E-state index in [1.807, 2.05) is 33.8 Å². The number of carbonyl (C=O) groups excluding carboxylic acids is 3. The molecule has 3 saturated carbocycles. The summed E-state index contributed by atoms with van der Waals surface area (Å²) in [6, 6.07) is 6.30. The summed E-state index contributed by atoms with van der Waals surface area (Å²) in [4.78, 5) is 51.3. The zero-order valence-corrected chi connectivity index (χ0v) is 26.1. The number of rotatable bonds is 8. The average Bonchev–Trinajstić information content (AvgIpc) is 3.72. The lowest BCUT2D eigenvalue weighted by Crippen LogP contribution is -2.54. The molecule has 5 aliphatic rings. The van der Waals surface area contributed by atoms with Crippen molar-refractivity contribution < 1.29 is 33.4 Å². The standard InChI is InChI=1S/C34H44FN5O6/c35-19-26(37-33(44)45)21-7-9-22(10-8-21)30(41)38-39-16-13-25(20-5-2-1-3-6-20)29(39)31(42)36-24-11-12-27-23(17-24)18-28-32(43)46-34(40(27)28)14-4-15-34/h11-12,17-18,20-22,25-26,29,37H,1-10,13-16,19H2,(H,36,42)(H,38,41)(H,44,45)/t21?,22?,25-,26+,29-/m0/s1. The molecule has 0 unspecified atom stereocenters. The monoisotopic (exact) mass is 637 g/mol. The van der Waals surface area contributed by atoms with Gasteiger partial charge >= 0.3 is 12.1 Å². The summed E-state index contributed by atoms with van der Waals surface area (Å²) in [5, 5.41) is 17.2. The molecule has 11 nitrogen and oxygen atoms in total. The number of amides is 3. The fourth-order valence-corrected chi connectivity index (χ4v) is 8.97. The molecule has 3 amide bonds. The molecule has 46 heavy (non-hydrogen) atoms. The van der Waals surface area contributed by atoms with E-state index >= 15 is 0 Å². The van der Waals surface area contributed by atoms with Crippen molar-refractivity contribution in [3.63, 3.8) is 0 Å². The third kappa shape index (κ3) is 5.62. The predicted octanol–water partition coefficient (Wildman–Crippen LogP) is 5.30. The molecule has 2 aliphatic heterocycles. The van der Waals surface area contributed by atoms with Crippen molar-refractivity contribution in [1.29, 1.82) is 0 Å². The van der Waals surface area contributed by atoms with E-state index in [2.05, 4.69) is 16.1 Å². The van der Waals surface area contributed by atoms with E-state index in [1.54, 1.807) is 0 Å². The van der Waals surface area contributed by atoms with Crippen molar-refractivity contribution in [2.24, 2.45) is 23.7 Å². The molecule has 0 bridgehead atoms. The van der Waals surface area contributed by atoms with Gasteiger partial charge in [0.15, 0.2) is 5.72 Å². The average molecular weight is 638 g/mol. The van der Waals surface area contributed by atoms with Crippen LogP contribution >= 0.6 is 0 Å². The zero-order chi connectivity index (χ0) is 32.0. The van der Waals surface area contributed by atoms with Gasteiger partial charge < -0.3 is 20.5 Å². The molecule has 248 valence electrons. The Hall–Kier alpha value is -3.67. The third-order valence-electron chi connectivity index (χ3n) is 11.5. The van der Waals surface area contributed by atoms with Crippen molar-refractivity contribution in [2.75, 3.05) is 18.5 Å². The van der Waals surface area contributed by atoms with Crippen LogP contribution in [0.5, 0.6) is 0 Å². The van der Waals surface area contributed by atoms with Gasteiger partial charge in [-0.05, 0) is 80.5 Å². The fourth-order valence-electron chi connectivity index (χ4n) is 8.97. The molecular formula is C34H44FN5O6. The van der Waals surface area contributed by atoms with E-state index in [-0.39, 0.29) is 35.5 Å². The van der Waals surface area contributed by atoms with Crippen LogP contribution < -0.4 is 16.1 Å². The number of aromatic nitrogens is 1. The first-order chi connectivity index (χ1) is 22.3. The minimum atomic E-state index is -1.24. The van der Waals surface area contributed by atoms with Crippen LogP contribution in [0.4, 0.5) is 14.9 Å². The number of hydrazine groups is 1. The number of anilines is 1. The highest BCUT2D eigenvalue weighted by Crippen LogP contribution is 2.48. The van der Waals surface area contributed by atoms with Crippen molar-refractivity contribution in [2.45, 2.75) is 101 Å². The maximum atomic E-state index is 14.1. The number of hydrogen-bond acceptors (Lipinski definition) is 6. The molecule has 1 aromatic carbocycles. The Morgan fingerprint density at radius 1 is 0.978 bits per heavy atom. The van der Waals surface area contributed by atoms with Crippen molar-refractivity contribution in [1.82, 2.24) is 20.3 Å². The smallest absolute Gasteiger partial charge is 0.404 e. The molecule has 1 aromatic heterocycles. The van der Waals surface area contributed by atoms with E-state index < -0.39 is 30.6 Å². The SMILES string of the molecule is O=C(O)N[C@H](CF)C1CCC(C(=O)NN2CC[C@@H](C3CCCCC3)[C@H]2C(=O)Nc2ccc3c(c2)cc2n3C3(CCC3)OC2=O)CC1. The Kier molecular flexibility index (Phi) is 8.41. The number of fused-ring (bicyclic) bond motifs is 4. The Balaban J connectivity index is 1.05. The van der Waals surface area contributed by atoms with Gasteiger partial charge in [-0.2, -0.15) is 0 Å². The lowest BCUT2D eigenvalue weighted by Gasteiger charge is -2.38. The molecule has 1 saturated heterocycles. The maximum absolute atomic E-state index is 14.1. The predicted molar refractivity (Wildman–Crippen MR) is 167 cm³/mol. The molecule has 0 radical (unpaired) electrons. The number of alkyl halides is 1. The lowest BCUT2D eigenvalue weighted by molar-refractivity contribution is -0.134. The van der Waals surface area contributed by atoms with Gasteiger partial charge in [0, 0.05) is 36.4 Å². The molecule has 4 N–H and O–H groups in total. The molecule has 1 spiro atoms. The summed E-state index contributed by atoms with van der Waals surface area (Å²) in [5.74, 6) is -0.462. The molecule has 3 heterocycles. The van der Waals surface area contributed by atoms with Crippen LogP contribution in [0.15, 0.2) is 24.3 Å². The Labute approximate surface area is 267 Å². The third-order valence-corrected chi connectivity index (χ3v) is 11.5. The Bertz CT molecular complexity index is 1510. The van der Waals surface area contributed by atoms with Crippen LogP contribution in [0.1, 0.15) is 94.0 Å². The van der Waals surface area contributed by atoms with Gasteiger partial charge in [-0.3, -0.25) is 19.6 Å². The fraction of sp³-hybridized carbons (Fsp3) is 0.647. The minimum absolute atomic E-state index is 0.124. The van der Waals surface area contributed by atoms with E-state index in [0.717, 1.165) is 62.3 Å². The summed E-state index contributed by atoms with van der Waals surface area (Å²) in [5.41, 5.74) is 4.64. The molecular weight excluding hydrogens is 593 g/mol. The molecule has 4 fully saturated rings. The highest BCUT2D eigenvalue weighted by atomic mass is 19.1. The molecule has 3 aliphatic carbocycles. The topological polar surface area (TPSA) is 142 Å².